The first-order valence-corrected chi connectivity index (χ1v) is 11.7. The van der Waals surface area contributed by atoms with Gasteiger partial charge in [0.2, 0.25) is 5.91 Å². The van der Waals surface area contributed by atoms with Crippen molar-refractivity contribution in [2.75, 3.05) is 22.5 Å². The van der Waals surface area contributed by atoms with Crippen LogP contribution < -0.4 is 21.7 Å². The molecular formula is C24H21Cl3N6O2. The molecule has 1 aromatic heterocycles. The normalized spacial score (nSPS) is 11.8. The van der Waals surface area contributed by atoms with Gasteiger partial charge >= 0.3 is 6.03 Å². The molecule has 0 aliphatic rings. The SMILES string of the molecule is NCCC(C(=O)Nc1ccc2[nH]nc(NC(=O)Nc3cccc(Cl)c3)c2c1)c1ccc(Cl)c(Cl)c1. The van der Waals surface area contributed by atoms with Gasteiger partial charge in [-0.05, 0) is 67.1 Å². The number of aromatic nitrogens is 2. The van der Waals surface area contributed by atoms with Gasteiger partial charge in [0.05, 0.1) is 21.5 Å². The van der Waals surface area contributed by atoms with Crippen LogP contribution in [0.4, 0.5) is 22.0 Å². The van der Waals surface area contributed by atoms with Crippen LogP contribution in [0, 0.1) is 0 Å². The molecule has 11 heteroatoms. The topological polar surface area (TPSA) is 125 Å². The van der Waals surface area contributed by atoms with E-state index in [0.29, 0.717) is 61.7 Å². The Morgan fingerprint density at radius 3 is 2.46 bits per heavy atom. The fourth-order valence-electron chi connectivity index (χ4n) is 3.60. The Labute approximate surface area is 216 Å². The molecular weight excluding hydrogens is 511 g/mol. The molecule has 1 atom stereocenters. The van der Waals surface area contributed by atoms with Crippen LogP contribution in [0.1, 0.15) is 17.9 Å². The van der Waals surface area contributed by atoms with Gasteiger partial charge in [-0.25, -0.2) is 4.79 Å². The summed E-state index contributed by atoms with van der Waals surface area (Å²) in [4.78, 5) is 25.6. The van der Waals surface area contributed by atoms with Crippen molar-refractivity contribution in [2.24, 2.45) is 5.73 Å². The van der Waals surface area contributed by atoms with E-state index in [1.54, 1.807) is 60.7 Å². The van der Waals surface area contributed by atoms with E-state index in [4.69, 9.17) is 40.5 Å². The third-order valence-corrected chi connectivity index (χ3v) is 6.24. The molecule has 0 aliphatic carbocycles. The van der Waals surface area contributed by atoms with Gasteiger partial charge in [-0.15, -0.1) is 0 Å². The van der Waals surface area contributed by atoms with E-state index in [0.717, 1.165) is 0 Å². The number of hydrogen-bond acceptors (Lipinski definition) is 4. The number of nitrogens with one attached hydrogen (secondary N) is 4. The van der Waals surface area contributed by atoms with E-state index < -0.39 is 11.9 Å². The lowest BCUT2D eigenvalue weighted by Crippen LogP contribution is -2.23. The molecule has 0 bridgehead atoms. The molecule has 1 heterocycles. The molecule has 4 aromatic rings. The van der Waals surface area contributed by atoms with Crippen LogP contribution >= 0.6 is 34.8 Å². The Morgan fingerprint density at radius 1 is 0.914 bits per heavy atom. The lowest BCUT2D eigenvalue weighted by molar-refractivity contribution is -0.117. The number of anilines is 3. The maximum atomic E-state index is 13.1. The highest BCUT2D eigenvalue weighted by Gasteiger charge is 2.21. The monoisotopic (exact) mass is 530 g/mol. The van der Waals surface area contributed by atoms with Crippen LogP contribution in [0.2, 0.25) is 15.1 Å². The molecule has 0 aliphatic heterocycles. The number of nitrogens with zero attached hydrogens (tertiary/aromatic N) is 1. The standard InChI is InChI=1S/C24H21Cl3N6O2/c25-14-2-1-3-15(11-14)30-24(35)31-22-18-12-16(5-7-21(18)32-33-22)29-23(34)17(8-9-28)13-4-6-19(26)20(27)10-13/h1-7,10-12,17H,8-9,28H2,(H,29,34)(H3,30,31,32,33,35). The number of aromatic amines is 1. The van der Waals surface area contributed by atoms with Crippen molar-refractivity contribution in [2.45, 2.75) is 12.3 Å². The number of nitrogens with two attached hydrogens (primary N) is 1. The van der Waals surface area contributed by atoms with Crippen molar-refractivity contribution >= 4 is 74.8 Å². The zero-order valence-corrected chi connectivity index (χ0v) is 20.5. The first-order chi connectivity index (χ1) is 16.8. The minimum Gasteiger partial charge on any atom is -0.330 e. The van der Waals surface area contributed by atoms with Crippen molar-refractivity contribution in [3.63, 3.8) is 0 Å². The first kappa shape index (κ1) is 24.8. The number of carbonyl (C=O) groups is 2. The molecule has 180 valence electrons. The van der Waals surface area contributed by atoms with Crippen LogP contribution in [0.25, 0.3) is 10.9 Å². The number of urea groups is 1. The zero-order chi connectivity index (χ0) is 24.9. The van der Waals surface area contributed by atoms with Crippen molar-refractivity contribution in [1.29, 1.82) is 0 Å². The molecule has 0 fully saturated rings. The highest BCUT2D eigenvalue weighted by molar-refractivity contribution is 6.42. The molecule has 6 N–H and O–H groups in total. The minimum atomic E-state index is -0.518. The highest BCUT2D eigenvalue weighted by Crippen LogP contribution is 2.30. The molecule has 3 aromatic carbocycles. The second-order valence-corrected chi connectivity index (χ2v) is 8.97. The van der Waals surface area contributed by atoms with Crippen LogP contribution in [0.5, 0.6) is 0 Å². The van der Waals surface area contributed by atoms with E-state index >= 15 is 0 Å². The maximum absolute atomic E-state index is 13.1. The first-order valence-electron chi connectivity index (χ1n) is 10.6. The van der Waals surface area contributed by atoms with Crippen LogP contribution in [0.3, 0.4) is 0 Å². The Morgan fingerprint density at radius 2 is 1.71 bits per heavy atom. The predicted molar refractivity (Wildman–Crippen MR) is 142 cm³/mol. The second-order valence-electron chi connectivity index (χ2n) is 7.71. The van der Waals surface area contributed by atoms with Gasteiger partial charge in [-0.3, -0.25) is 15.2 Å². The molecule has 0 radical (unpaired) electrons. The van der Waals surface area contributed by atoms with Crippen molar-refractivity contribution in [1.82, 2.24) is 10.2 Å². The van der Waals surface area contributed by atoms with Gasteiger partial charge in [0.15, 0.2) is 5.82 Å². The Hall–Kier alpha value is -3.30. The van der Waals surface area contributed by atoms with Gasteiger partial charge in [0.1, 0.15) is 0 Å². The van der Waals surface area contributed by atoms with E-state index in [1.165, 1.54) is 0 Å². The summed E-state index contributed by atoms with van der Waals surface area (Å²) in [7, 11) is 0. The number of rotatable bonds is 7. The van der Waals surface area contributed by atoms with Crippen LogP contribution in [0.15, 0.2) is 60.7 Å². The minimum absolute atomic E-state index is 0.245. The van der Waals surface area contributed by atoms with Gasteiger partial charge < -0.3 is 16.4 Å². The maximum Gasteiger partial charge on any atom is 0.324 e. The van der Waals surface area contributed by atoms with Gasteiger partial charge in [0.25, 0.3) is 0 Å². The molecule has 0 spiro atoms. The largest absolute Gasteiger partial charge is 0.330 e. The number of hydrogen-bond donors (Lipinski definition) is 5. The quantitative estimate of drug-likeness (QED) is 0.194. The summed E-state index contributed by atoms with van der Waals surface area (Å²) in [5.74, 6) is -0.459. The molecule has 8 nitrogen and oxygen atoms in total. The number of carbonyl (C=O) groups excluding carboxylic acids is 2. The second kappa shape index (κ2) is 11.0. The number of amides is 3. The number of fused-ring (bicyclic) bond motifs is 1. The van der Waals surface area contributed by atoms with Crippen LogP contribution in [-0.2, 0) is 4.79 Å². The third-order valence-electron chi connectivity index (χ3n) is 5.26. The fraction of sp³-hybridized carbons (Fsp3) is 0.125. The third kappa shape index (κ3) is 6.04. The average Bonchev–Trinajstić information content (AvgIpc) is 3.21. The fourth-order valence-corrected chi connectivity index (χ4v) is 4.09. The number of benzene rings is 3. The molecule has 0 saturated heterocycles. The summed E-state index contributed by atoms with van der Waals surface area (Å²) in [6.45, 7) is 0.314. The summed E-state index contributed by atoms with van der Waals surface area (Å²) in [6.07, 6.45) is 0.425. The lowest BCUT2D eigenvalue weighted by Gasteiger charge is -2.17. The van der Waals surface area contributed by atoms with E-state index in [9.17, 15) is 9.59 Å². The summed E-state index contributed by atoms with van der Waals surface area (Å²) >= 11 is 18.1. The molecule has 35 heavy (non-hydrogen) atoms. The Balaban J connectivity index is 1.51. The number of H-pyrrole nitrogens is 1. The highest BCUT2D eigenvalue weighted by atomic mass is 35.5. The predicted octanol–water partition coefficient (Wildman–Crippen LogP) is 6.24. The Kier molecular flexibility index (Phi) is 7.77. The summed E-state index contributed by atoms with van der Waals surface area (Å²) in [5, 5.41) is 17.2. The molecule has 4 rings (SSSR count). The Bertz CT molecular complexity index is 1390. The van der Waals surface area contributed by atoms with E-state index in [1.807, 2.05) is 0 Å². The van der Waals surface area contributed by atoms with Crippen molar-refractivity contribution in [3.05, 3.63) is 81.3 Å². The van der Waals surface area contributed by atoms with E-state index in [2.05, 4.69) is 26.1 Å². The van der Waals surface area contributed by atoms with Gasteiger partial charge in [-0.1, -0.05) is 46.9 Å². The zero-order valence-electron chi connectivity index (χ0n) is 18.2. The van der Waals surface area contributed by atoms with Gasteiger partial charge in [0, 0.05) is 21.8 Å². The van der Waals surface area contributed by atoms with Crippen molar-refractivity contribution in [3.8, 4) is 0 Å². The average molecular weight is 532 g/mol. The molecule has 3 amide bonds. The lowest BCUT2D eigenvalue weighted by atomic mass is 9.94. The molecule has 0 saturated carbocycles. The number of halogens is 3. The molecule has 1 unspecified atom stereocenters. The summed E-state index contributed by atoms with van der Waals surface area (Å²) in [6, 6.07) is 16.6. The smallest absolute Gasteiger partial charge is 0.324 e. The summed E-state index contributed by atoms with van der Waals surface area (Å²) in [5.41, 5.74) is 8.22. The van der Waals surface area contributed by atoms with E-state index in [-0.39, 0.29) is 5.91 Å². The van der Waals surface area contributed by atoms with Gasteiger partial charge in [-0.2, -0.15) is 5.10 Å². The summed E-state index contributed by atoms with van der Waals surface area (Å²) < 4.78 is 0. The van der Waals surface area contributed by atoms with Crippen molar-refractivity contribution < 1.29 is 9.59 Å². The van der Waals surface area contributed by atoms with Crippen LogP contribution in [-0.4, -0.2) is 28.7 Å².